The Balaban J connectivity index is 2.21. The highest BCUT2D eigenvalue weighted by atomic mass is 16.5. The monoisotopic (exact) mass is 242 g/mol. The molecular weight excluding hydrogens is 216 g/mol. The van der Waals surface area contributed by atoms with Crippen LogP contribution in [0.1, 0.15) is 45.4 Å². The van der Waals surface area contributed by atoms with E-state index in [1.165, 1.54) is 38.5 Å². The zero-order chi connectivity index (χ0) is 12.5. The van der Waals surface area contributed by atoms with Crippen LogP contribution in [0.5, 0.6) is 0 Å². The van der Waals surface area contributed by atoms with E-state index in [9.17, 15) is 4.79 Å². The predicted molar refractivity (Wildman–Crippen MR) is 68.7 cm³/mol. The Kier molecular flexibility index (Phi) is 7.21. The number of nitrogens with one attached hydrogen (secondary N) is 1. The SMILES string of the molecule is C[C@@H](NC(=O)COCCN)C1CCCCCC1. The fraction of sp³-hybridized carbons (Fsp3) is 0.923. The van der Waals surface area contributed by atoms with Gasteiger partial charge in [-0.1, -0.05) is 25.7 Å². The van der Waals surface area contributed by atoms with Crippen LogP contribution >= 0.6 is 0 Å². The van der Waals surface area contributed by atoms with Crippen LogP contribution in [-0.2, 0) is 9.53 Å². The number of ether oxygens (including phenoxy) is 1. The van der Waals surface area contributed by atoms with Crippen molar-refractivity contribution in [2.45, 2.75) is 51.5 Å². The number of carbonyl (C=O) groups is 1. The molecule has 0 aliphatic heterocycles. The van der Waals surface area contributed by atoms with Crippen LogP contribution in [-0.4, -0.2) is 31.7 Å². The van der Waals surface area contributed by atoms with Gasteiger partial charge in [-0.3, -0.25) is 4.79 Å². The molecule has 1 atom stereocenters. The molecular formula is C13H26N2O2. The van der Waals surface area contributed by atoms with Crippen molar-refractivity contribution in [1.82, 2.24) is 5.32 Å². The molecule has 0 bridgehead atoms. The molecule has 4 heteroatoms. The summed E-state index contributed by atoms with van der Waals surface area (Å²) in [6.07, 6.45) is 7.77. The van der Waals surface area contributed by atoms with E-state index >= 15 is 0 Å². The summed E-state index contributed by atoms with van der Waals surface area (Å²) in [6, 6.07) is 0.266. The third kappa shape index (κ3) is 6.03. The predicted octanol–water partition coefficient (Wildman–Crippen LogP) is 1.44. The van der Waals surface area contributed by atoms with Crippen LogP contribution in [0.3, 0.4) is 0 Å². The van der Waals surface area contributed by atoms with Gasteiger partial charge in [-0.2, -0.15) is 0 Å². The van der Waals surface area contributed by atoms with E-state index in [1.807, 2.05) is 0 Å². The summed E-state index contributed by atoms with van der Waals surface area (Å²) in [5, 5.41) is 3.03. The van der Waals surface area contributed by atoms with Crippen LogP contribution in [0.25, 0.3) is 0 Å². The van der Waals surface area contributed by atoms with Crippen LogP contribution in [0, 0.1) is 5.92 Å². The standard InChI is InChI=1S/C13H26N2O2/c1-11(12-6-4-2-3-5-7-12)15-13(16)10-17-9-8-14/h11-12H,2-10,14H2,1H3,(H,15,16)/t11-/m1/s1. The number of hydrogen-bond donors (Lipinski definition) is 2. The van der Waals surface area contributed by atoms with Crippen molar-refractivity contribution in [1.29, 1.82) is 0 Å². The van der Waals surface area contributed by atoms with Crippen LogP contribution in [0.15, 0.2) is 0 Å². The largest absolute Gasteiger partial charge is 0.370 e. The van der Waals surface area contributed by atoms with Crippen molar-refractivity contribution in [3.05, 3.63) is 0 Å². The molecule has 0 unspecified atom stereocenters. The Labute approximate surface area is 104 Å². The molecule has 1 saturated carbocycles. The molecule has 0 aromatic heterocycles. The summed E-state index contributed by atoms with van der Waals surface area (Å²) in [5.41, 5.74) is 5.29. The molecule has 4 nitrogen and oxygen atoms in total. The van der Waals surface area contributed by atoms with Crippen molar-refractivity contribution in [2.24, 2.45) is 11.7 Å². The van der Waals surface area contributed by atoms with Gasteiger partial charge in [0.25, 0.3) is 0 Å². The molecule has 1 fully saturated rings. The highest BCUT2D eigenvalue weighted by Crippen LogP contribution is 2.25. The molecule has 1 amide bonds. The lowest BCUT2D eigenvalue weighted by molar-refractivity contribution is -0.126. The molecule has 1 rings (SSSR count). The van der Waals surface area contributed by atoms with E-state index in [-0.39, 0.29) is 18.6 Å². The number of carbonyl (C=O) groups excluding carboxylic acids is 1. The average molecular weight is 242 g/mol. The molecule has 3 N–H and O–H groups in total. The van der Waals surface area contributed by atoms with Gasteiger partial charge in [0.05, 0.1) is 6.61 Å². The maximum Gasteiger partial charge on any atom is 0.246 e. The van der Waals surface area contributed by atoms with E-state index in [2.05, 4.69) is 12.2 Å². The second-order valence-corrected chi connectivity index (χ2v) is 4.95. The molecule has 1 aliphatic rings. The Morgan fingerprint density at radius 3 is 2.59 bits per heavy atom. The van der Waals surface area contributed by atoms with Gasteiger partial charge in [-0.05, 0) is 25.7 Å². The summed E-state index contributed by atoms with van der Waals surface area (Å²) in [6.45, 7) is 3.15. The third-order valence-corrected chi connectivity index (χ3v) is 3.49. The average Bonchev–Trinajstić information content (AvgIpc) is 2.57. The van der Waals surface area contributed by atoms with Gasteiger partial charge in [0.2, 0.25) is 5.91 Å². The highest BCUT2D eigenvalue weighted by molar-refractivity contribution is 5.77. The van der Waals surface area contributed by atoms with Crippen LogP contribution in [0.2, 0.25) is 0 Å². The third-order valence-electron chi connectivity index (χ3n) is 3.49. The normalized spacial score (nSPS) is 19.6. The minimum absolute atomic E-state index is 0.0183. The van der Waals surface area contributed by atoms with E-state index in [4.69, 9.17) is 10.5 Å². The number of rotatable bonds is 6. The van der Waals surface area contributed by atoms with Gasteiger partial charge in [0.15, 0.2) is 0 Å². The number of hydrogen-bond acceptors (Lipinski definition) is 3. The fourth-order valence-electron chi connectivity index (χ4n) is 2.47. The molecule has 0 radical (unpaired) electrons. The zero-order valence-electron chi connectivity index (χ0n) is 10.9. The summed E-state index contributed by atoms with van der Waals surface area (Å²) < 4.78 is 5.12. The first kappa shape index (κ1) is 14.5. The van der Waals surface area contributed by atoms with Gasteiger partial charge in [-0.15, -0.1) is 0 Å². The van der Waals surface area contributed by atoms with Crippen molar-refractivity contribution in [3.8, 4) is 0 Å². The molecule has 100 valence electrons. The molecule has 0 spiro atoms. The Bertz CT molecular complexity index is 213. The Morgan fingerprint density at radius 2 is 2.00 bits per heavy atom. The number of amides is 1. The second-order valence-electron chi connectivity index (χ2n) is 4.95. The molecule has 0 heterocycles. The summed E-state index contributed by atoms with van der Waals surface area (Å²) in [5.74, 6) is 0.617. The zero-order valence-corrected chi connectivity index (χ0v) is 10.9. The minimum atomic E-state index is -0.0183. The first-order chi connectivity index (χ1) is 8.24. The Morgan fingerprint density at radius 1 is 1.35 bits per heavy atom. The first-order valence-corrected chi connectivity index (χ1v) is 6.81. The molecule has 0 aromatic rings. The molecule has 17 heavy (non-hydrogen) atoms. The van der Waals surface area contributed by atoms with Crippen LogP contribution < -0.4 is 11.1 Å². The first-order valence-electron chi connectivity index (χ1n) is 6.81. The van der Waals surface area contributed by atoms with E-state index in [0.717, 1.165) is 0 Å². The minimum Gasteiger partial charge on any atom is -0.370 e. The second kappa shape index (κ2) is 8.48. The topological polar surface area (TPSA) is 64.3 Å². The van der Waals surface area contributed by atoms with Crippen molar-refractivity contribution in [3.63, 3.8) is 0 Å². The lowest BCUT2D eigenvalue weighted by Crippen LogP contribution is -2.40. The van der Waals surface area contributed by atoms with Crippen molar-refractivity contribution in [2.75, 3.05) is 19.8 Å². The smallest absolute Gasteiger partial charge is 0.246 e. The number of nitrogens with two attached hydrogens (primary N) is 1. The van der Waals surface area contributed by atoms with E-state index in [0.29, 0.717) is 19.1 Å². The lowest BCUT2D eigenvalue weighted by Gasteiger charge is -2.23. The van der Waals surface area contributed by atoms with Gasteiger partial charge >= 0.3 is 0 Å². The molecule has 0 saturated heterocycles. The molecule has 0 aromatic carbocycles. The van der Waals surface area contributed by atoms with Crippen LogP contribution in [0.4, 0.5) is 0 Å². The van der Waals surface area contributed by atoms with Gasteiger partial charge in [-0.25, -0.2) is 0 Å². The maximum absolute atomic E-state index is 11.6. The van der Waals surface area contributed by atoms with Crippen molar-refractivity contribution < 1.29 is 9.53 Å². The highest BCUT2D eigenvalue weighted by Gasteiger charge is 2.20. The summed E-state index contributed by atoms with van der Waals surface area (Å²) in [7, 11) is 0. The van der Waals surface area contributed by atoms with Gasteiger partial charge < -0.3 is 15.8 Å². The Hall–Kier alpha value is -0.610. The van der Waals surface area contributed by atoms with Gasteiger partial charge in [0.1, 0.15) is 6.61 Å². The summed E-state index contributed by atoms with van der Waals surface area (Å²) in [4.78, 5) is 11.6. The fourth-order valence-corrected chi connectivity index (χ4v) is 2.47. The van der Waals surface area contributed by atoms with Gasteiger partial charge in [0, 0.05) is 12.6 Å². The van der Waals surface area contributed by atoms with E-state index in [1.54, 1.807) is 0 Å². The summed E-state index contributed by atoms with van der Waals surface area (Å²) >= 11 is 0. The van der Waals surface area contributed by atoms with Crippen molar-refractivity contribution >= 4 is 5.91 Å². The van der Waals surface area contributed by atoms with E-state index < -0.39 is 0 Å². The molecule has 1 aliphatic carbocycles. The quantitative estimate of drug-likeness (QED) is 0.547. The lowest BCUT2D eigenvalue weighted by atomic mass is 9.93. The maximum atomic E-state index is 11.6.